The summed E-state index contributed by atoms with van der Waals surface area (Å²) >= 11 is 0. The Labute approximate surface area is 156 Å². The number of pyridine rings is 1. The van der Waals surface area contributed by atoms with Crippen molar-refractivity contribution in [1.29, 1.82) is 0 Å². The number of aliphatic hydroxyl groups is 1. The van der Waals surface area contributed by atoms with Crippen LogP contribution in [0.2, 0.25) is 0 Å². The average molecular weight is 407 g/mol. The van der Waals surface area contributed by atoms with E-state index in [1.54, 1.807) is 0 Å². The van der Waals surface area contributed by atoms with Gasteiger partial charge >= 0.3 is 12.4 Å². The molecule has 0 amide bonds. The van der Waals surface area contributed by atoms with Crippen molar-refractivity contribution in [3.63, 3.8) is 0 Å². The first-order chi connectivity index (χ1) is 13.1. The fraction of sp³-hybridized carbons (Fsp3) is 0.500. The van der Waals surface area contributed by atoms with Gasteiger partial charge in [-0.15, -0.1) is 0 Å². The van der Waals surface area contributed by atoms with Gasteiger partial charge in [-0.1, -0.05) is 18.6 Å². The molecule has 1 aliphatic rings. The van der Waals surface area contributed by atoms with Crippen LogP contribution in [-0.2, 0) is 12.4 Å². The normalized spacial score (nSPS) is 17.0. The molecule has 154 valence electrons. The average Bonchev–Trinajstić information content (AvgIpc) is 2.56. The fourth-order valence-corrected chi connectivity index (χ4v) is 3.08. The highest BCUT2D eigenvalue weighted by Crippen LogP contribution is 2.38. The van der Waals surface area contributed by atoms with E-state index in [-0.39, 0.29) is 17.5 Å². The Morgan fingerprint density at radius 3 is 2.36 bits per heavy atom. The van der Waals surface area contributed by atoms with Gasteiger partial charge in [0.1, 0.15) is 11.9 Å². The zero-order valence-electron chi connectivity index (χ0n) is 14.7. The van der Waals surface area contributed by atoms with Gasteiger partial charge in [0.2, 0.25) is 0 Å². The van der Waals surface area contributed by atoms with E-state index in [0.29, 0.717) is 24.7 Å². The summed E-state index contributed by atoms with van der Waals surface area (Å²) in [5.74, 6) is 0. The highest BCUT2D eigenvalue weighted by Gasteiger charge is 2.38. The maximum absolute atomic E-state index is 13.2. The maximum atomic E-state index is 13.2. The molecule has 1 aromatic carbocycles. The highest BCUT2D eigenvalue weighted by molar-refractivity contribution is 5.86. The molecule has 10 heteroatoms. The van der Waals surface area contributed by atoms with Crippen molar-refractivity contribution in [3.05, 3.63) is 41.1 Å². The molecule has 3 rings (SSSR count). The molecular formula is C18H19F6N3O. The lowest BCUT2D eigenvalue weighted by Gasteiger charge is -2.27. The molecule has 0 spiro atoms. The molecule has 1 atom stereocenters. The predicted octanol–water partition coefficient (Wildman–Crippen LogP) is 4.00. The van der Waals surface area contributed by atoms with Gasteiger partial charge in [-0.3, -0.25) is 5.32 Å². The zero-order valence-corrected chi connectivity index (χ0v) is 14.7. The SMILES string of the molecule is OC(NCCNC1CCC1)c1cc(C(F)(F)F)nc2c(C(F)(F)F)cccc12. The van der Waals surface area contributed by atoms with Gasteiger partial charge in [0.05, 0.1) is 11.1 Å². The molecule has 3 N–H and O–H groups in total. The molecule has 0 radical (unpaired) electrons. The minimum absolute atomic E-state index is 0.185. The third-order valence-corrected chi connectivity index (χ3v) is 4.76. The monoisotopic (exact) mass is 407 g/mol. The number of fused-ring (bicyclic) bond motifs is 1. The second-order valence-corrected chi connectivity index (χ2v) is 6.73. The van der Waals surface area contributed by atoms with Gasteiger partial charge in [-0.25, -0.2) is 4.98 Å². The summed E-state index contributed by atoms with van der Waals surface area (Å²) < 4.78 is 79.2. The van der Waals surface area contributed by atoms with Crippen LogP contribution in [0.1, 0.15) is 42.3 Å². The van der Waals surface area contributed by atoms with Crippen molar-refractivity contribution in [3.8, 4) is 0 Å². The third kappa shape index (κ3) is 4.56. The minimum Gasteiger partial charge on any atom is -0.374 e. The molecule has 2 aromatic rings. The Morgan fingerprint density at radius 1 is 1.07 bits per heavy atom. The van der Waals surface area contributed by atoms with E-state index in [1.807, 2.05) is 0 Å². The smallest absolute Gasteiger partial charge is 0.374 e. The first-order valence-electron chi connectivity index (χ1n) is 8.80. The number of aliphatic hydroxyl groups excluding tert-OH is 1. The van der Waals surface area contributed by atoms with Gasteiger partial charge in [0, 0.05) is 30.1 Å². The van der Waals surface area contributed by atoms with E-state index in [4.69, 9.17) is 0 Å². The quantitative estimate of drug-likeness (QED) is 0.385. The molecule has 1 aromatic heterocycles. The van der Waals surface area contributed by atoms with Crippen LogP contribution >= 0.6 is 0 Å². The zero-order chi connectivity index (χ0) is 20.5. The molecule has 0 bridgehead atoms. The second kappa shape index (κ2) is 7.84. The van der Waals surface area contributed by atoms with Crippen LogP contribution < -0.4 is 10.6 Å². The molecule has 0 saturated heterocycles. The maximum Gasteiger partial charge on any atom is 0.433 e. The van der Waals surface area contributed by atoms with Crippen molar-refractivity contribution in [2.45, 2.75) is 43.9 Å². The van der Waals surface area contributed by atoms with Crippen LogP contribution in [0.15, 0.2) is 24.3 Å². The van der Waals surface area contributed by atoms with Gasteiger partial charge < -0.3 is 10.4 Å². The van der Waals surface area contributed by atoms with Gasteiger partial charge in [-0.05, 0) is 25.0 Å². The Bertz CT molecular complexity index is 832. The van der Waals surface area contributed by atoms with Crippen LogP contribution in [0.4, 0.5) is 26.3 Å². The number of benzene rings is 1. The summed E-state index contributed by atoms with van der Waals surface area (Å²) in [6.07, 6.45) is -8.16. The van der Waals surface area contributed by atoms with Crippen LogP contribution in [0.3, 0.4) is 0 Å². The van der Waals surface area contributed by atoms with Gasteiger partial charge in [-0.2, -0.15) is 26.3 Å². The van der Waals surface area contributed by atoms with E-state index in [2.05, 4.69) is 15.6 Å². The third-order valence-electron chi connectivity index (χ3n) is 4.76. The number of aromatic nitrogens is 1. The molecule has 4 nitrogen and oxygen atoms in total. The number of halogens is 6. The molecule has 1 fully saturated rings. The van der Waals surface area contributed by atoms with Crippen LogP contribution in [-0.4, -0.2) is 29.2 Å². The molecule has 1 unspecified atom stereocenters. The highest BCUT2D eigenvalue weighted by atomic mass is 19.4. The summed E-state index contributed by atoms with van der Waals surface area (Å²) in [6.45, 7) is 0.715. The number of para-hydroxylation sites is 1. The lowest BCUT2D eigenvalue weighted by molar-refractivity contribution is -0.142. The molecule has 1 saturated carbocycles. The van der Waals surface area contributed by atoms with Crippen LogP contribution in [0.5, 0.6) is 0 Å². The number of nitrogens with zero attached hydrogens (tertiary/aromatic N) is 1. The van der Waals surface area contributed by atoms with Crippen molar-refractivity contribution < 1.29 is 31.4 Å². The van der Waals surface area contributed by atoms with Crippen molar-refractivity contribution >= 4 is 10.9 Å². The predicted molar refractivity (Wildman–Crippen MR) is 90.4 cm³/mol. The van der Waals surface area contributed by atoms with Crippen molar-refractivity contribution in [2.24, 2.45) is 0 Å². The molecule has 28 heavy (non-hydrogen) atoms. The largest absolute Gasteiger partial charge is 0.433 e. The number of alkyl halides is 6. The summed E-state index contributed by atoms with van der Waals surface area (Å²) in [4.78, 5) is 3.20. The number of nitrogens with one attached hydrogen (secondary N) is 2. The Morgan fingerprint density at radius 2 is 1.79 bits per heavy atom. The summed E-state index contributed by atoms with van der Waals surface area (Å²) in [5, 5.41) is 16.0. The summed E-state index contributed by atoms with van der Waals surface area (Å²) in [6, 6.07) is 3.94. The number of rotatable bonds is 6. The lowest BCUT2D eigenvalue weighted by atomic mass is 9.93. The topological polar surface area (TPSA) is 57.2 Å². The van der Waals surface area contributed by atoms with Crippen molar-refractivity contribution in [2.75, 3.05) is 13.1 Å². The van der Waals surface area contributed by atoms with Gasteiger partial charge in [0.15, 0.2) is 0 Å². The van der Waals surface area contributed by atoms with E-state index < -0.39 is 35.4 Å². The first kappa shape index (κ1) is 20.8. The van der Waals surface area contributed by atoms with E-state index in [1.165, 1.54) is 6.07 Å². The Balaban J connectivity index is 1.92. The number of hydrogen-bond donors (Lipinski definition) is 3. The second-order valence-electron chi connectivity index (χ2n) is 6.73. The summed E-state index contributed by atoms with van der Waals surface area (Å²) in [5.41, 5.74) is -3.91. The Hall–Kier alpha value is -1.91. The lowest BCUT2D eigenvalue weighted by Crippen LogP contribution is -2.39. The summed E-state index contributed by atoms with van der Waals surface area (Å²) in [7, 11) is 0. The number of hydrogen-bond acceptors (Lipinski definition) is 4. The molecule has 1 heterocycles. The Kier molecular flexibility index (Phi) is 5.83. The van der Waals surface area contributed by atoms with Crippen molar-refractivity contribution in [1.82, 2.24) is 15.6 Å². The molecule has 0 aliphatic heterocycles. The molecular weight excluding hydrogens is 388 g/mol. The standard InChI is InChI=1S/C18H19F6N3O/c19-17(20,21)13-6-2-5-11-12(9-14(18(22,23)24)27-15(11)13)16(28)26-8-7-25-10-3-1-4-10/h2,5-6,9-10,16,25-26,28H,1,3-4,7-8H2. The van der Waals surface area contributed by atoms with E-state index in [9.17, 15) is 31.4 Å². The minimum atomic E-state index is -4.95. The van der Waals surface area contributed by atoms with E-state index >= 15 is 0 Å². The molecule has 1 aliphatic carbocycles. The van der Waals surface area contributed by atoms with Crippen LogP contribution in [0, 0.1) is 0 Å². The fourth-order valence-electron chi connectivity index (χ4n) is 3.08. The first-order valence-corrected chi connectivity index (χ1v) is 8.80. The van der Waals surface area contributed by atoms with Gasteiger partial charge in [0.25, 0.3) is 0 Å². The van der Waals surface area contributed by atoms with Crippen LogP contribution in [0.25, 0.3) is 10.9 Å². The van der Waals surface area contributed by atoms with E-state index in [0.717, 1.165) is 25.3 Å².